The third kappa shape index (κ3) is 3.47. The Morgan fingerprint density at radius 3 is 2.64 bits per heavy atom. The Bertz CT molecular complexity index is 1030. The molecule has 2 N–H and O–H groups in total. The molecule has 0 bridgehead atoms. The monoisotopic (exact) mass is 397 g/mol. The van der Waals surface area contributed by atoms with Crippen LogP contribution in [0.5, 0.6) is 0 Å². The van der Waals surface area contributed by atoms with E-state index in [0.717, 1.165) is 22.4 Å². The maximum Gasteiger partial charge on any atom is 0.240 e. The molecule has 0 saturated heterocycles. The molecule has 8 heteroatoms. The van der Waals surface area contributed by atoms with E-state index in [2.05, 4.69) is 20.9 Å². The molecule has 28 heavy (non-hydrogen) atoms. The van der Waals surface area contributed by atoms with Gasteiger partial charge in [0.15, 0.2) is 0 Å². The number of hydrogen-bond acceptors (Lipinski definition) is 5. The Morgan fingerprint density at radius 2 is 1.89 bits per heavy atom. The van der Waals surface area contributed by atoms with Gasteiger partial charge in [0, 0.05) is 5.69 Å². The first-order chi connectivity index (χ1) is 13.4. The molecule has 1 aliphatic heterocycles. The second kappa shape index (κ2) is 7.27. The topological polar surface area (TPSA) is 71.8 Å². The number of aryl methyl sites for hydroxylation is 3. The second-order valence-electron chi connectivity index (χ2n) is 6.87. The van der Waals surface area contributed by atoms with Crippen LogP contribution in [0.4, 0.5) is 10.1 Å². The molecule has 2 aromatic carbocycles. The molecule has 1 aromatic heterocycles. The number of aromatic nitrogens is 3. The van der Waals surface area contributed by atoms with Crippen LogP contribution < -0.4 is 10.7 Å². The molecule has 0 unspecified atom stereocenters. The van der Waals surface area contributed by atoms with Crippen molar-refractivity contribution in [1.82, 2.24) is 14.9 Å². The molecule has 0 radical (unpaired) electrons. The summed E-state index contributed by atoms with van der Waals surface area (Å²) in [7, 11) is 0. The highest BCUT2D eigenvalue weighted by Crippen LogP contribution is 2.37. The van der Waals surface area contributed by atoms with E-state index < -0.39 is 5.25 Å². The number of nitrogens with zero attached hydrogens (tertiary/aromatic N) is 3. The van der Waals surface area contributed by atoms with Gasteiger partial charge in [0.1, 0.15) is 16.9 Å². The molecule has 4 rings (SSSR count). The number of amides is 1. The zero-order valence-electron chi connectivity index (χ0n) is 15.7. The van der Waals surface area contributed by atoms with Crippen molar-refractivity contribution in [2.24, 2.45) is 0 Å². The first-order valence-corrected chi connectivity index (χ1v) is 9.79. The van der Waals surface area contributed by atoms with Crippen LogP contribution in [0.15, 0.2) is 47.6 Å². The van der Waals surface area contributed by atoms with E-state index in [0.29, 0.717) is 11.0 Å². The standard InChI is InChI=1S/C20H20FN5OS/c1-11-4-5-12(2)16(10-11)22-19(27)18-17(14-6-8-15(21)9-7-14)25-26-13(3)23-24-20(26)28-18/h4-10,17-18,25H,1-3H3,(H,22,27)/t17-,18+/m0/s1. The molecule has 6 nitrogen and oxygen atoms in total. The lowest BCUT2D eigenvalue weighted by Crippen LogP contribution is -2.41. The van der Waals surface area contributed by atoms with Crippen LogP contribution in [0.1, 0.15) is 28.6 Å². The lowest BCUT2D eigenvalue weighted by Gasteiger charge is -2.32. The van der Waals surface area contributed by atoms with E-state index in [1.54, 1.807) is 16.8 Å². The lowest BCUT2D eigenvalue weighted by atomic mass is 10.0. The van der Waals surface area contributed by atoms with Gasteiger partial charge < -0.3 is 10.7 Å². The number of benzene rings is 2. The normalized spacial score (nSPS) is 18.3. The smallest absolute Gasteiger partial charge is 0.240 e. The number of thioether (sulfide) groups is 1. The summed E-state index contributed by atoms with van der Waals surface area (Å²) in [6.07, 6.45) is 0. The molecule has 0 aliphatic carbocycles. The van der Waals surface area contributed by atoms with E-state index >= 15 is 0 Å². The molecule has 1 amide bonds. The minimum atomic E-state index is -0.499. The highest BCUT2D eigenvalue weighted by Gasteiger charge is 2.37. The molecule has 0 saturated carbocycles. The van der Waals surface area contributed by atoms with Crippen molar-refractivity contribution < 1.29 is 9.18 Å². The Labute approximate surface area is 166 Å². The largest absolute Gasteiger partial charge is 0.325 e. The zero-order valence-corrected chi connectivity index (χ0v) is 16.5. The number of nitrogens with one attached hydrogen (secondary N) is 2. The van der Waals surface area contributed by atoms with Crippen LogP contribution in [-0.4, -0.2) is 26.0 Å². The fraction of sp³-hybridized carbons (Fsp3) is 0.250. The van der Waals surface area contributed by atoms with Crippen molar-refractivity contribution in [1.29, 1.82) is 0 Å². The van der Waals surface area contributed by atoms with E-state index in [9.17, 15) is 9.18 Å². The number of halogens is 1. The van der Waals surface area contributed by atoms with Gasteiger partial charge >= 0.3 is 0 Å². The van der Waals surface area contributed by atoms with Gasteiger partial charge in [-0.1, -0.05) is 36.0 Å². The van der Waals surface area contributed by atoms with Crippen LogP contribution in [-0.2, 0) is 4.79 Å². The van der Waals surface area contributed by atoms with Gasteiger partial charge in [-0.05, 0) is 55.7 Å². The van der Waals surface area contributed by atoms with Crippen LogP contribution in [0.3, 0.4) is 0 Å². The summed E-state index contributed by atoms with van der Waals surface area (Å²) >= 11 is 1.34. The van der Waals surface area contributed by atoms with Gasteiger partial charge in [-0.2, -0.15) is 0 Å². The Hall–Kier alpha value is -2.87. The predicted molar refractivity (Wildman–Crippen MR) is 107 cm³/mol. The van der Waals surface area contributed by atoms with Crippen LogP contribution in [0.25, 0.3) is 0 Å². The molecule has 2 heterocycles. The molecule has 2 atom stereocenters. The SMILES string of the molecule is Cc1ccc(C)c(NC(=O)[C@@H]2Sc3nnc(C)n3N[C@H]2c2ccc(F)cc2)c1. The van der Waals surface area contributed by atoms with Gasteiger partial charge in [0.2, 0.25) is 11.1 Å². The van der Waals surface area contributed by atoms with Crippen molar-refractivity contribution in [2.75, 3.05) is 10.7 Å². The summed E-state index contributed by atoms with van der Waals surface area (Å²) < 4.78 is 15.2. The van der Waals surface area contributed by atoms with Gasteiger partial charge in [-0.25, -0.2) is 9.07 Å². The van der Waals surface area contributed by atoms with Gasteiger partial charge in [-0.3, -0.25) is 4.79 Å². The van der Waals surface area contributed by atoms with Crippen molar-refractivity contribution >= 4 is 23.4 Å². The van der Waals surface area contributed by atoms with Crippen molar-refractivity contribution in [3.8, 4) is 0 Å². The number of rotatable bonds is 3. The third-order valence-corrected chi connectivity index (χ3v) is 5.95. The van der Waals surface area contributed by atoms with Crippen molar-refractivity contribution in [3.05, 3.63) is 70.8 Å². The Balaban J connectivity index is 1.68. The van der Waals surface area contributed by atoms with E-state index in [-0.39, 0.29) is 17.8 Å². The summed E-state index contributed by atoms with van der Waals surface area (Å²) in [6, 6.07) is 11.8. The average molecular weight is 397 g/mol. The Morgan fingerprint density at radius 1 is 1.14 bits per heavy atom. The first-order valence-electron chi connectivity index (χ1n) is 8.91. The second-order valence-corrected chi connectivity index (χ2v) is 7.98. The van der Waals surface area contributed by atoms with Crippen LogP contribution in [0, 0.1) is 26.6 Å². The quantitative estimate of drug-likeness (QED) is 0.704. The van der Waals surface area contributed by atoms with Crippen LogP contribution >= 0.6 is 11.8 Å². The first kappa shape index (κ1) is 18.5. The summed E-state index contributed by atoms with van der Waals surface area (Å²) in [5.74, 6) is 0.236. The molecule has 0 fully saturated rings. The highest BCUT2D eigenvalue weighted by atomic mass is 32.2. The maximum atomic E-state index is 13.4. The summed E-state index contributed by atoms with van der Waals surface area (Å²) in [5.41, 5.74) is 6.97. The van der Waals surface area contributed by atoms with E-state index in [4.69, 9.17) is 0 Å². The van der Waals surface area contributed by atoms with Crippen molar-refractivity contribution in [3.63, 3.8) is 0 Å². The molecule has 144 valence electrons. The minimum Gasteiger partial charge on any atom is -0.325 e. The summed E-state index contributed by atoms with van der Waals surface area (Å²) in [6.45, 7) is 5.78. The molecule has 3 aromatic rings. The predicted octanol–water partition coefficient (Wildman–Crippen LogP) is 3.74. The van der Waals surface area contributed by atoms with Crippen molar-refractivity contribution in [2.45, 2.75) is 37.2 Å². The molecular formula is C20H20FN5OS. The minimum absolute atomic E-state index is 0.146. The van der Waals surface area contributed by atoms with E-state index in [1.807, 2.05) is 39.0 Å². The fourth-order valence-electron chi connectivity index (χ4n) is 3.16. The van der Waals surface area contributed by atoms with Crippen LogP contribution in [0.2, 0.25) is 0 Å². The summed E-state index contributed by atoms with van der Waals surface area (Å²) in [4.78, 5) is 13.2. The number of anilines is 1. The number of carbonyl (C=O) groups excluding carboxylic acids is 1. The fourth-order valence-corrected chi connectivity index (χ4v) is 4.28. The number of hydrogen-bond donors (Lipinski definition) is 2. The summed E-state index contributed by atoms with van der Waals surface area (Å²) in [5, 5.41) is 11.4. The average Bonchev–Trinajstić information content (AvgIpc) is 3.04. The Kier molecular flexibility index (Phi) is 4.80. The van der Waals surface area contributed by atoms with Gasteiger partial charge in [0.25, 0.3) is 0 Å². The lowest BCUT2D eigenvalue weighted by molar-refractivity contribution is -0.116. The maximum absolute atomic E-state index is 13.4. The number of fused-ring (bicyclic) bond motifs is 1. The van der Waals surface area contributed by atoms with Gasteiger partial charge in [0.05, 0.1) is 6.04 Å². The van der Waals surface area contributed by atoms with Gasteiger partial charge in [-0.15, -0.1) is 10.2 Å². The zero-order chi connectivity index (χ0) is 19.8. The third-order valence-electron chi connectivity index (χ3n) is 4.74. The molecule has 1 aliphatic rings. The van der Waals surface area contributed by atoms with E-state index in [1.165, 1.54) is 23.9 Å². The molecular weight excluding hydrogens is 377 g/mol. The molecule has 0 spiro atoms. The highest BCUT2D eigenvalue weighted by molar-refractivity contribution is 8.00. The number of carbonyl (C=O) groups is 1.